The van der Waals surface area contributed by atoms with Gasteiger partial charge in [-0.1, -0.05) is 0 Å². The van der Waals surface area contributed by atoms with E-state index in [1.165, 1.54) is 30.5 Å². The quantitative estimate of drug-likeness (QED) is 0.559. The smallest absolute Gasteiger partial charge is 0.314 e. The van der Waals surface area contributed by atoms with Gasteiger partial charge < -0.3 is 15.7 Å². The lowest BCUT2D eigenvalue weighted by molar-refractivity contribution is -0.133. The maximum atomic E-state index is 11.6. The number of amides is 2. The Morgan fingerprint density at radius 3 is 2.16 bits per heavy atom. The van der Waals surface area contributed by atoms with Crippen LogP contribution >= 0.6 is 0 Å². The van der Waals surface area contributed by atoms with Gasteiger partial charge in [0.25, 0.3) is 0 Å². The van der Waals surface area contributed by atoms with Gasteiger partial charge in [0.15, 0.2) is 0 Å². The van der Waals surface area contributed by atoms with Crippen LogP contribution in [0, 0.1) is 0 Å². The largest absolute Gasteiger partial charge is 0.508 e. The molecule has 0 atom stereocenters. The van der Waals surface area contributed by atoms with Gasteiger partial charge in [0.2, 0.25) is 0 Å². The van der Waals surface area contributed by atoms with E-state index in [9.17, 15) is 9.59 Å². The molecule has 0 aliphatic heterocycles. The van der Waals surface area contributed by atoms with Crippen molar-refractivity contribution in [2.75, 3.05) is 10.6 Å². The molecule has 0 saturated carbocycles. The van der Waals surface area contributed by atoms with Gasteiger partial charge in [-0.05, 0) is 36.4 Å². The van der Waals surface area contributed by atoms with E-state index >= 15 is 0 Å². The first-order valence-electron chi connectivity index (χ1n) is 5.46. The van der Waals surface area contributed by atoms with Gasteiger partial charge in [0.1, 0.15) is 5.75 Å². The van der Waals surface area contributed by atoms with E-state index < -0.39 is 11.8 Å². The number of carbonyl (C=O) groups is 2. The third-order valence-electron chi connectivity index (χ3n) is 2.25. The number of aromatic nitrogens is 1. The second-order valence-electron chi connectivity index (χ2n) is 3.70. The van der Waals surface area contributed by atoms with Crippen LogP contribution in [0.5, 0.6) is 5.75 Å². The van der Waals surface area contributed by atoms with Gasteiger partial charge in [-0.2, -0.15) is 0 Å². The fourth-order valence-electron chi connectivity index (χ4n) is 1.36. The summed E-state index contributed by atoms with van der Waals surface area (Å²) in [5.74, 6) is -1.51. The molecule has 6 heteroatoms. The zero-order chi connectivity index (χ0) is 13.7. The third kappa shape index (κ3) is 3.53. The van der Waals surface area contributed by atoms with Crippen molar-refractivity contribution in [2.45, 2.75) is 0 Å². The van der Waals surface area contributed by atoms with Gasteiger partial charge in [-0.15, -0.1) is 0 Å². The maximum Gasteiger partial charge on any atom is 0.314 e. The third-order valence-corrected chi connectivity index (χ3v) is 2.25. The Balaban J connectivity index is 1.96. The Morgan fingerprint density at radius 2 is 1.58 bits per heavy atom. The highest BCUT2D eigenvalue weighted by Crippen LogP contribution is 2.13. The number of anilines is 2. The summed E-state index contributed by atoms with van der Waals surface area (Å²) in [4.78, 5) is 27.0. The van der Waals surface area contributed by atoms with E-state index in [2.05, 4.69) is 15.6 Å². The average Bonchev–Trinajstić information content (AvgIpc) is 2.42. The van der Waals surface area contributed by atoms with E-state index in [0.29, 0.717) is 11.4 Å². The van der Waals surface area contributed by atoms with Crippen LogP contribution in [0.1, 0.15) is 0 Å². The van der Waals surface area contributed by atoms with Crippen molar-refractivity contribution in [3.8, 4) is 5.75 Å². The molecule has 0 radical (unpaired) electrons. The van der Waals surface area contributed by atoms with Gasteiger partial charge >= 0.3 is 11.8 Å². The molecule has 1 heterocycles. The number of phenolic OH excluding ortho intramolecular Hbond substituents is 1. The fraction of sp³-hybridized carbons (Fsp3) is 0. The zero-order valence-corrected chi connectivity index (χ0v) is 9.83. The lowest BCUT2D eigenvalue weighted by atomic mass is 10.3. The highest BCUT2D eigenvalue weighted by Gasteiger charge is 2.13. The molecule has 0 unspecified atom stereocenters. The summed E-state index contributed by atoms with van der Waals surface area (Å²) in [7, 11) is 0. The van der Waals surface area contributed by atoms with Gasteiger partial charge in [0, 0.05) is 11.9 Å². The number of carbonyl (C=O) groups excluding carboxylic acids is 2. The minimum Gasteiger partial charge on any atom is -0.508 e. The predicted octanol–water partition coefficient (Wildman–Crippen LogP) is 1.36. The molecule has 0 spiro atoms. The maximum absolute atomic E-state index is 11.6. The van der Waals surface area contributed by atoms with Crippen LogP contribution < -0.4 is 10.6 Å². The number of hydrogen-bond acceptors (Lipinski definition) is 4. The summed E-state index contributed by atoms with van der Waals surface area (Å²) in [6.45, 7) is 0. The number of rotatable bonds is 2. The summed E-state index contributed by atoms with van der Waals surface area (Å²) < 4.78 is 0. The van der Waals surface area contributed by atoms with Crippen molar-refractivity contribution in [3.63, 3.8) is 0 Å². The van der Waals surface area contributed by atoms with Crippen LogP contribution in [-0.2, 0) is 9.59 Å². The Labute approximate surface area is 109 Å². The van der Waals surface area contributed by atoms with Crippen LogP contribution in [0.4, 0.5) is 11.4 Å². The SMILES string of the molecule is O=C(Nc1ccc(O)cc1)C(=O)Nc1cccnc1. The van der Waals surface area contributed by atoms with Crippen molar-refractivity contribution in [3.05, 3.63) is 48.8 Å². The summed E-state index contributed by atoms with van der Waals surface area (Å²) in [5, 5.41) is 13.9. The van der Waals surface area contributed by atoms with Crippen molar-refractivity contribution in [1.29, 1.82) is 0 Å². The molecule has 0 fully saturated rings. The molecule has 1 aromatic heterocycles. The average molecular weight is 257 g/mol. The minimum absolute atomic E-state index is 0.0813. The molecule has 2 amide bonds. The van der Waals surface area contributed by atoms with Crippen molar-refractivity contribution in [2.24, 2.45) is 0 Å². The van der Waals surface area contributed by atoms with Crippen LogP contribution in [0.25, 0.3) is 0 Å². The number of nitrogens with one attached hydrogen (secondary N) is 2. The molecule has 6 nitrogen and oxygen atoms in total. The van der Waals surface area contributed by atoms with Crippen LogP contribution in [0.2, 0.25) is 0 Å². The van der Waals surface area contributed by atoms with Crippen LogP contribution in [-0.4, -0.2) is 21.9 Å². The summed E-state index contributed by atoms with van der Waals surface area (Å²) in [5.41, 5.74) is 0.859. The normalized spacial score (nSPS) is 9.68. The fourth-order valence-corrected chi connectivity index (χ4v) is 1.36. The first-order valence-corrected chi connectivity index (χ1v) is 5.46. The van der Waals surface area contributed by atoms with Gasteiger partial charge in [-0.25, -0.2) is 0 Å². The summed E-state index contributed by atoms with van der Waals surface area (Å²) in [6, 6.07) is 9.07. The highest BCUT2D eigenvalue weighted by molar-refractivity contribution is 6.43. The number of aromatic hydroxyl groups is 1. The molecule has 0 aliphatic rings. The second-order valence-corrected chi connectivity index (χ2v) is 3.70. The molecule has 96 valence electrons. The standard InChI is InChI=1S/C13H11N3O3/c17-11-5-3-9(4-6-11)15-12(18)13(19)16-10-2-1-7-14-8-10/h1-8,17H,(H,15,18)(H,16,19). The Hall–Kier alpha value is -2.89. The van der Waals surface area contributed by atoms with Crippen LogP contribution in [0.3, 0.4) is 0 Å². The van der Waals surface area contributed by atoms with Crippen molar-refractivity contribution < 1.29 is 14.7 Å². The Kier molecular flexibility index (Phi) is 3.72. The molecule has 0 saturated heterocycles. The van der Waals surface area contributed by atoms with E-state index in [0.717, 1.165) is 0 Å². The molecular weight excluding hydrogens is 246 g/mol. The molecule has 3 N–H and O–H groups in total. The Morgan fingerprint density at radius 1 is 0.947 bits per heavy atom. The molecular formula is C13H11N3O3. The predicted molar refractivity (Wildman–Crippen MR) is 69.6 cm³/mol. The minimum atomic E-state index is -0.797. The zero-order valence-electron chi connectivity index (χ0n) is 9.83. The molecule has 0 aliphatic carbocycles. The van der Waals surface area contributed by atoms with E-state index in [4.69, 9.17) is 5.11 Å². The van der Waals surface area contributed by atoms with Crippen molar-refractivity contribution in [1.82, 2.24) is 4.98 Å². The second kappa shape index (κ2) is 5.63. The lowest BCUT2D eigenvalue weighted by Gasteiger charge is -2.06. The van der Waals surface area contributed by atoms with Crippen LogP contribution in [0.15, 0.2) is 48.8 Å². The summed E-state index contributed by atoms with van der Waals surface area (Å²) in [6.07, 6.45) is 3.00. The monoisotopic (exact) mass is 257 g/mol. The van der Waals surface area contributed by atoms with Crippen molar-refractivity contribution >= 4 is 23.2 Å². The topological polar surface area (TPSA) is 91.3 Å². The highest BCUT2D eigenvalue weighted by atomic mass is 16.3. The summed E-state index contributed by atoms with van der Waals surface area (Å²) >= 11 is 0. The molecule has 1 aromatic carbocycles. The number of nitrogens with zero attached hydrogens (tertiary/aromatic N) is 1. The molecule has 0 bridgehead atoms. The Bertz CT molecular complexity index is 582. The van der Waals surface area contributed by atoms with E-state index in [1.807, 2.05) is 0 Å². The number of hydrogen-bond donors (Lipinski definition) is 3. The molecule has 19 heavy (non-hydrogen) atoms. The lowest BCUT2D eigenvalue weighted by Crippen LogP contribution is -2.29. The van der Waals surface area contributed by atoms with Gasteiger partial charge in [0.05, 0.1) is 11.9 Å². The van der Waals surface area contributed by atoms with Gasteiger partial charge in [-0.3, -0.25) is 14.6 Å². The molecule has 2 rings (SSSR count). The number of pyridine rings is 1. The first kappa shape index (κ1) is 12.6. The molecule has 2 aromatic rings. The van der Waals surface area contributed by atoms with E-state index in [-0.39, 0.29) is 5.75 Å². The number of benzene rings is 1. The van der Waals surface area contributed by atoms with E-state index in [1.54, 1.807) is 18.3 Å². The number of phenols is 1. The first-order chi connectivity index (χ1) is 9.15.